The van der Waals surface area contributed by atoms with Crippen LogP contribution in [0.1, 0.15) is 13.0 Å². The Morgan fingerprint density at radius 1 is 1.29 bits per heavy atom. The highest BCUT2D eigenvalue weighted by Gasteiger charge is 2.32. The van der Waals surface area contributed by atoms with Gasteiger partial charge in [-0.15, -0.1) is 0 Å². The average Bonchev–Trinajstić information content (AvgIpc) is 2.96. The summed E-state index contributed by atoms with van der Waals surface area (Å²) in [5.41, 5.74) is 0.152. The summed E-state index contributed by atoms with van der Waals surface area (Å²) in [5, 5.41) is 30.3. The summed E-state index contributed by atoms with van der Waals surface area (Å²) < 4.78 is 1.70. The van der Waals surface area contributed by atoms with Crippen molar-refractivity contribution in [3.05, 3.63) is 30.6 Å². The number of aromatic nitrogens is 2. The van der Waals surface area contributed by atoms with Gasteiger partial charge in [-0.05, 0) is 19.1 Å². The van der Waals surface area contributed by atoms with E-state index in [1.807, 2.05) is 24.3 Å². The second-order valence-corrected chi connectivity index (χ2v) is 5.06. The Morgan fingerprint density at radius 2 is 1.90 bits per heavy atom. The lowest BCUT2D eigenvalue weighted by molar-refractivity contribution is -0.128. The van der Waals surface area contributed by atoms with Gasteiger partial charge in [0.05, 0.1) is 37.2 Å². The molecule has 0 radical (unpaired) electrons. The zero-order valence-electron chi connectivity index (χ0n) is 11.7. The number of para-hydroxylation sites is 2. The van der Waals surface area contributed by atoms with Gasteiger partial charge in [-0.2, -0.15) is 0 Å². The number of nitrogens with zero attached hydrogens (tertiary/aromatic N) is 2. The predicted molar refractivity (Wildman–Crippen MR) is 76.6 cm³/mol. The molecule has 21 heavy (non-hydrogen) atoms. The quantitative estimate of drug-likeness (QED) is 0.570. The summed E-state index contributed by atoms with van der Waals surface area (Å²) in [6.07, 6.45) is 1.56. The largest absolute Gasteiger partial charge is 0.394 e. The third-order valence-corrected chi connectivity index (χ3v) is 3.57. The molecule has 2 aromatic rings. The molecule has 1 atom stereocenters. The Labute approximate surface area is 121 Å². The van der Waals surface area contributed by atoms with E-state index in [2.05, 4.69) is 10.3 Å². The van der Waals surface area contributed by atoms with E-state index in [1.54, 1.807) is 17.8 Å². The molecule has 1 aromatic carbocycles. The van der Waals surface area contributed by atoms with Crippen LogP contribution in [0.4, 0.5) is 0 Å². The van der Waals surface area contributed by atoms with E-state index >= 15 is 0 Å². The molecule has 0 aliphatic rings. The summed E-state index contributed by atoms with van der Waals surface area (Å²) in [6, 6.07) is 6.81. The fraction of sp³-hybridized carbons (Fsp3) is 0.429. The van der Waals surface area contributed by atoms with Crippen LogP contribution in [0.5, 0.6) is 0 Å². The molecule has 0 spiro atoms. The number of hydrogen-bond acceptors (Lipinski definition) is 5. The number of carbonyl (C=O) groups excluding carboxylic acids is 1. The van der Waals surface area contributed by atoms with Crippen LogP contribution in [-0.2, 0) is 4.79 Å². The van der Waals surface area contributed by atoms with Crippen molar-refractivity contribution in [3.8, 4) is 0 Å². The number of hydrogen-bond donors (Lipinski definition) is 4. The normalized spacial score (nSPS) is 13.3. The van der Waals surface area contributed by atoms with Crippen LogP contribution in [-0.4, -0.2) is 56.1 Å². The van der Waals surface area contributed by atoms with Gasteiger partial charge in [0.1, 0.15) is 11.6 Å². The molecule has 0 aliphatic carbocycles. The Morgan fingerprint density at radius 3 is 2.52 bits per heavy atom. The molecule has 0 aliphatic heterocycles. The van der Waals surface area contributed by atoms with Crippen molar-refractivity contribution < 1.29 is 20.1 Å². The molecule has 7 nitrogen and oxygen atoms in total. The van der Waals surface area contributed by atoms with Crippen LogP contribution in [0.2, 0.25) is 0 Å². The maximum Gasteiger partial charge on any atom is 0.243 e. The first-order valence-electron chi connectivity index (χ1n) is 6.63. The van der Waals surface area contributed by atoms with Crippen LogP contribution in [0.15, 0.2) is 30.6 Å². The topological polar surface area (TPSA) is 108 Å². The lowest BCUT2D eigenvalue weighted by Crippen LogP contribution is -2.58. The molecule has 2 rings (SSSR count). The monoisotopic (exact) mass is 293 g/mol. The maximum atomic E-state index is 12.3. The molecule has 0 saturated heterocycles. The SMILES string of the molecule is CC(C(=O)NC(CO)(CO)CO)n1cnc2ccccc21. The first-order chi connectivity index (χ1) is 10.1. The molecule has 4 N–H and O–H groups in total. The standard InChI is InChI=1S/C14H19N3O4/c1-10(13(21)16-14(6-18,7-19)8-20)17-9-15-11-4-2-3-5-12(11)17/h2-5,9-10,18-20H,6-8H2,1H3,(H,16,21). The van der Waals surface area contributed by atoms with Gasteiger partial charge in [0.2, 0.25) is 5.91 Å². The summed E-state index contributed by atoms with van der Waals surface area (Å²) in [5.74, 6) is -0.421. The maximum absolute atomic E-state index is 12.3. The molecule has 7 heteroatoms. The second-order valence-electron chi connectivity index (χ2n) is 5.06. The zero-order chi connectivity index (χ0) is 15.5. The Hall–Kier alpha value is -1.96. The lowest BCUT2D eigenvalue weighted by Gasteiger charge is -2.30. The van der Waals surface area contributed by atoms with Gasteiger partial charge in [-0.3, -0.25) is 4.79 Å². The van der Waals surface area contributed by atoms with E-state index in [0.29, 0.717) is 0 Å². The summed E-state index contributed by atoms with van der Waals surface area (Å²) in [4.78, 5) is 16.5. The minimum atomic E-state index is -1.43. The molecule has 0 bridgehead atoms. The van der Waals surface area contributed by atoms with E-state index in [1.165, 1.54) is 0 Å². The van der Waals surface area contributed by atoms with Crippen molar-refractivity contribution in [2.45, 2.75) is 18.5 Å². The molecular weight excluding hydrogens is 274 g/mol. The lowest BCUT2D eigenvalue weighted by atomic mass is 10.0. The zero-order valence-corrected chi connectivity index (χ0v) is 11.7. The number of nitrogens with one attached hydrogen (secondary N) is 1. The highest BCUT2D eigenvalue weighted by atomic mass is 16.3. The van der Waals surface area contributed by atoms with E-state index < -0.39 is 37.3 Å². The molecule has 1 aromatic heterocycles. The number of amides is 1. The first kappa shape index (κ1) is 15.4. The van der Waals surface area contributed by atoms with Crippen molar-refractivity contribution >= 4 is 16.9 Å². The van der Waals surface area contributed by atoms with E-state index in [4.69, 9.17) is 0 Å². The van der Waals surface area contributed by atoms with Crippen LogP contribution in [0.25, 0.3) is 11.0 Å². The van der Waals surface area contributed by atoms with Gasteiger partial charge in [-0.25, -0.2) is 4.98 Å². The van der Waals surface area contributed by atoms with Crippen LogP contribution in [0, 0.1) is 0 Å². The number of aliphatic hydroxyl groups excluding tert-OH is 3. The summed E-state index contributed by atoms with van der Waals surface area (Å²) in [7, 11) is 0. The van der Waals surface area contributed by atoms with Crippen molar-refractivity contribution in [1.82, 2.24) is 14.9 Å². The number of carbonyl (C=O) groups is 1. The highest BCUT2D eigenvalue weighted by Crippen LogP contribution is 2.18. The third kappa shape index (κ3) is 2.90. The fourth-order valence-electron chi connectivity index (χ4n) is 2.05. The Bertz CT molecular complexity index is 613. The molecular formula is C14H19N3O4. The molecule has 0 saturated carbocycles. The van der Waals surface area contributed by atoms with Gasteiger partial charge >= 0.3 is 0 Å². The summed E-state index contributed by atoms with van der Waals surface area (Å²) in [6.45, 7) is 0.0236. The number of aliphatic hydroxyl groups is 3. The second kappa shape index (κ2) is 6.21. The molecule has 1 unspecified atom stereocenters. The number of fused-ring (bicyclic) bond motifs is 1. The van der Waals surface area contributed by atoms with Crippen LogP contribution in [0.3, 0.4) is 0 Å². The molecule has 0 fully saturated rings. The van der Waals surface area contributed by atoms with E-state index in [-0.39, 0.29) is 0 Å². The third-order valence-electron chi connectivity index (χ3n) is 3.57. The fourth-order valence-corrected chi connectivity index (χ4v) is 2.05. The van der Waals surface area contributed by atoms with Gasteiger partial charge < -0.3 is 25.2 Å². The number of rotatable bonds is 6. The minimum Gasteiger partial charge on any atom is -0.394 e. The molecule has 114 valence electrons. The van der Waals surface area contributed by atoms with Crippen molar-refractivity contribution in [3.63, 3.8) is 0 Å². The van der Waals surface area contributed by atoms with Gasteiger partial charge in [0, 0.05) is 0 Å². The smallest absolute Gasteiger partial charge is 0.243 e. The Kier molecular flexibility index (Phi) is 4.56. The minimum absolute atomic E-state index is 0.421. The van der Waals surface area contributed by atoms with Crippen molar-refractivity contribution in [2.75, 3.05) is 19.8 Å². The number of imidazole rings is 1. The first-order valence-corrected chi connectivity index (χ1v) is 6.63. The van der Waals surface area contributed by atoms with Crippen LogP contribution < -0.4 is 5.32 Å². The number of benzene rings is 1. The van der Waals surface area contributed by atoms with Gasteiger partial charge in [0.15, 0.2) is 0 Å². The van der Waals surface area contributed by atoms with E-state index in [0.717, 1.165) is 11.0 Å². The Balaban J connectivity index is 2.23. The van der Waals surface area contributed by atoms with Gasteiger partial charge in [-0.1, -0.05) is 12.1 Å². The van der Waals surface area contributed by atoms with Gasteiger partial charge in [0.25, 0.3) is 0 Å². The van der Waals surface area contributed by atoms with Crippen LogP contribution >= 0.6 is 0 Å². The van der Waals surface area contributed by atoms with Crippen molar-refractivity contribution in [2.24, 2.45) is 0 Å². The average molecular weight is 293 g/mol. The predicted octanol–water partition coefficient (Wildman–Crippen LogP) is -0.571. The summed E-state index contributed by atoms with van der Waals surface area (Å²) >= 11 is 0. The molecule has 1 heterocycles. The molecule has 1 amide bonds. The van der Waals surface area contributed by atoms with Crippen molar-refractivity contribution in [1.29, 1.82) is 0 Å². The van der Waals surface area contributed by atoms with E-state index in [9.17, 15) is 20.1 Å². The highest BCUT2D eigenvalue weighted by molar-refractivity contribution is 5.84.